The lowest BCUT2D eigenvalue weighted by Crippen LogP contribution is -2.32. The van der Waals surface area contributed by atoms with Crippen molar-refractivity contribution in [3.8, 4) is 0 Å². The summed E-state index contributed by atoms with van der Waals surface area (Å²) in [4.78, 5) is 2.62. The van der Waals surface area contributed by atoms with Gasteiger partial charge >= 0.3 is 0 Å². The summed E-state index contributed by atoms with van der Waals surface area (Å²) in [5, 5.41) is 3.58. The predicted molar refractivity (Wildman–Crippen MR) is 88.3 cm³/mol. The number of benzene rings is 2. The molecular formula is C19H24N2. The molecule has 1 heterocycles. The van der Waals surface area contributed by atoms with Crippen molar-refractivity contribution in [3.63, 3.8) is 0 Å². The Kier molecular flexibility index (Phi) is 4.69. The van der Waals surface area contributed by atoms with Crippen molar-refractivity contribution in [2.45, 2.75) is 25.9 Å². The fourth-order valence-electron chi connectivity index (χ4n) is 3.17. The van der Waals surface area contributed by atoms with Crippen LogP contribution in [-0.2, 0) is 6.54 Å². The van der Waals surface area contributed by atoms with E-state index in [1.807, 2.05) is 0 Å². The molecule has 0 amide bonds. The average molecular weight is 280 g/mol. The number of nitrogens with one attached hydrogen (secondary N) is 1. The lowest BCUT2D eigenvalue weighted by atomic mass is 10.0. The van der Waals surface area contributed by atoms with Crippen LogP contribution in [0.2, 0.25) is 0 Å². The largest absolute Gasteiger partial charge is 0.315 e. The van der Waals surface area contributed by atoms with E-state index in [0.29, 0.717) is 6.04 Å². The number of aryl methyl sites for hydroxylation is 1. The van der Waals surface area contributed by atoms with Crippen molar-refractivity contribution in [1.82, 2.24) is 10.2 Å². The minimum absolute atomic E-state index is 0.467. The normalized spacial score (nSPS) is 20.1. The highest BCUT2D eigenvalue weighted by Crippen LogP contribution is 2.24. The molecule has 2 aromatic carbocycles. The van der Waals surface area contributed by atoms with Crippen molar-refractivity contribution < 1.29 is 0 Å². The molecule has 3 rings (SSSR count). The standard InChI is InChI=1S/C19H24N2/c1-16-7-5-8-17(13-16)15-21-12-6-11-20-14-19(21)18-9-3-2-4-10-18/h2-5,7-10,13,19-20H,6,11-12,14-15H2,1H3. The van der Waals surface area contributed by atoms with Crippen LogP contribution in [0.4, 0.5) is 0 Å². The van der Waals surface area contributed by atoms with Gasteiger partial charge in [-0.05, 0) is 31.0 Å². The Labute approximate surface area is 127 Å². The topological polar surface area (TPSA) is 15.3 Å². The number of hydrogen-bond acceptors (Lipinski definition) is 2. The minimum Gasteiger partial charge on any atom is -0.315 e. The molecule has 1 N–H and O–H groups in total. The molecule has 0 bridgehead atoms. The molecule has 2 heteroatoms. The van der Waals surface area contributed by atoms with E-state index >= 15 is 0 Å². The second-order valence-electron chi connectivity index (χ2n) is 5.94. The van der Waals surface area contributed by atoms with Crippen LogP contribution in [0.15, 0.2) is 54.6 Å². The Morgan fingerprint density at radius 3 is 2.76 bits per heavy atom. The summed E-state index contributed by atoms with van der Waals surface area (Å²) in [6, 6.07) is 20.2. The second-order valence-corrected chi connectivity index (χ2v) is 5.94. The van der Waals surface area contributed by atoms with Gasteiger partial charge in [0.05, 0.1) is 0 Å². The zero-order valence-corrected chi connectivity index (χ0v) is 12.8. The summed E-state index contributed by atoms with van der Waals surface area (Å²) in [6.07, 6.45) is 1.22. The number of rotatable bonds is 3. The monoisotopic (exact) mass is 280 g/mol. The van der Waals surface area contributed by atoms with E-state index < -0.39 is 0 Å². The van der Waals surface area contributed by atoms with Crippen molar-refractivity contribution >= 4 is 0 Å². The Morgan fingerprint density at radius 1 is 1.10 bits per heavy atom. The van der Waals surface area contributed by atoms with E-state index in [1.165, 1.54) is 23.1 Å². The molecular weight excluding hydrogens is 256 g/mol. The van der Waals surface area contributed by atoms with Crippen molar-refractivity contribution in [2.24, 2.45) is 0 Å². The van der Waals surface area contributed by atoms with E-state index in [0.717, 1.165) is 26.2 Å². The fraction of sp³-hybridized carbons (Fsp3) is 0.368. The van der Waals surface area contributed by atoms with Crippen LogP contribution in [0.1, 0.15) is 29.2 Å². The molecule has 21 heavy (non-hydrogen) atoms. The first-order chi connectivity index (χ1) is 10.3. The third-order valence-electron chi connectivity index (χ3n) is 4.23. The van der Waals surface area contributed by atoms with Crippen molar-refractivity contribution in [1.29, 1.82) is 0 Å². The maximum atomic E-state index is 3.58. The molecule has 1 atom stereocenters. The van der Waals surface area contributed by atoms with Crippen LogP contribution in [0.3, 0.4) is 0 Å². The van der Waals surface area contributed by atoms with Gasteiger partial charge in [0, 0.05) is 25.7 Å². The lowest BCUT2D eigenvalue weighted by molar-refractivity contribution is 0.202. The third-order valence-corrected chi connectivity index (χ3v) is 4.23. The Morgan fingerprint density at radius 2 is 1.95 bits per heavy atom. The maximum absolute atomic E-state index is 3.58. The molecule has 1 unspecified atom stereocenters. The predicted octanol–water partition coefficient (Wildman–Crippen LogP) is 3.53. The molecule has 0 aliphatic carbocycles. The molecule has 0 saturated carbocycles. The zero-order valence-electron chi connectivity index (χ0n) is 12.8. The first-order valence-corrected chi connectivity index (χ1v) is 7.88. The molecule has 0 radical (unpaired) electrons. The van der Waals surface area contributed by atoms with Gasteiger partial charge in [-0.3, -0.25) is 4.90 Å². The average Bonchev–Trinajstić information content (AvgIpc) is 2.74. The molecule has 1 fully saturated rings. The van der Waals surface area contributed by atoms with Gasteiger partial charge < -0.3 is 5.32 Å². The molecule has 2 nitrogen and oxygen atoms in total. The summed E-state index contributed by atoms with van der Waals surface area (Å²) >= 11 is 0. The summed E-state index contributed by atoms with van der Waals surface area (Å²) in [5.41, 5.74) is 4.18. The zero-order chi connectivity index (χ0) is 14.5. The van der Waals surface area contributed by atoms with Crippen LogP contribution in [0.5, 0.6) is 0 Å². The Bertz CT molecular complexity index is 565. The van der Waals surface area contributed by atoms with Gasteiger partial charge in [-0.15, -0.1) is 0 Å². The summed E-state index contributed by atoms with van der Waals surface area (Å²) in [5.74, 6) is 0. The molecule has 1 aliphatic heterocycles. The summed E-state index contributed by atoms with van der Waals surface area (Å²) < 4.78 is 0. The van der Waals surface area contributed by atoms with Crippen LogP contribution < -0.4 is 5.32 Å². The Balaban J connectivity index is 1.82. The molecule has 110 valence electrons. The molecule has 1 aliphatic rings. The van der Waals surface area contributed by atoms with Gasteiger partial charge in [-0.25, -0.2) is 0 Å². The highest BCUT2D eigenvalue weighted by molar-refractivity contribution is 5.24. The van der Waals surface area contributed by atoms with Gasteiger partial charge in [-0.2, -0.15) is 0 Å². The molecule has 2 aromatic rings. The van der Waals surface area contributed by atoms with Crippen LogP contribution in [0, 0.1) is 6.92 Å². The smallest absolute Gasteiger partial charge is 0.0476 e. The van der Waals surface area contributed by atoms with Gasteiger partial charge in [-0.1, -0.05) is 60.2 Å². The van der Waals surface area contributed by atoms with Crippen molar-refractivity contribution in [3.05, 3.63) is 71.3 Å². The van der Waals surface area contributed by atoms with E-state index in [1.54, 1.807) is 0 Å². The van der Waals surface area contributed by atoms with E-state index in [2.05, 4.69) is 71.7 Å². The van der Waals surface area contributed by atoms with E-state index in [9.17, 15) is 0 Å². The second kappa shape index (κ2) is 6.88. The Hall–Kier alpha value is -1.64. The number of nitrogens with zero attached hydrogens (tertiary/aromatic N) is 1. The first kappa shape index (κ1) is 14.3. The van der Waals surface area contributed by atoms with Crippen molar-refractivity contribution in [2.75, 3.05) is 19.6 Å². The lowest BCUT2D eigenvalue weighted by Gasteiger charge is -2.30. The van der Waals surface area contributed by atoms with Gasteiger partial charge in [0.15, 0.2) is 0 Å². The number of hydrogen-bond donors (Lipinski definition) is 1. The highest BCUT2D eigenvalue weighted by Gasteiger charge is 2.22. The summed E-state index contributed by atoms with van der Waals surface area (Å²) in [6.45, 7) is 6.51. The molecule has 1 saturated heterocycles. The van der Waals surface area contributed by atoms with Crippen LogP contribution in [-0.4, -0.2) is 24.5 Å². The van der Waals surface area contributed by atoms with Gasteiger partial charge in [0.2, 0.25) is 0 Å². The molecule has 0 spiro atoms. The first-order valence-electron chi connectivity index (χ1n) is 7.88. The minimum atomic E-state index is 0.467. The van der Waals surface area contributed by atoms with Crippen LogP contribution in [0.25, 0.3) is 0 Å². The fourth-order valence-corrected chi connectivity index (χ4v) is 3.17. The van der Waals surface area contributed by atoms with E-state index in [-0.39, 0.29) is 0 Å². The molecule has 0 aromatic heterocycles. The quantitative estimate of drug-likeness (QED) is 0.925. The highest BCUT2D eigenvalue weighted by atomic mass is 15.2. The summed E-state index contributed by atoms with van der Waals surface area (Å²) in [7, 11) is 0. The SMILES string of the molecule is Cc1cccc(CN2CCCNCC2c2ccccc2)c1. The van der Waals surface area contributed by atoms with E-state index in [4.69, 9.17) is 0 Å². The van der Waals surface area contributed by atoms with Crippen LogP contribution >= 0.6 is 0 Å². The van der Waals surface area contributed by atoms with Gasteiger partial charge in [0.25, 0.3) is 0 Å². The van der Waals surface area contributed by atoms with Gasteiger partial charge in [0.1, 0.15) is 0 Å². The third kappa shape index (κ3) is 3.72. The maximum Gasteiger partial charge on any atom is 0.0476 e.